The molecule has 0 amide bonds. The number of nitrogens with one attached hydrogen (secondary N) is 1. The molecular weight excluding hydrogens is 333 g/mol. The van der Waals surface area contributed by atoms with Crippen molar-refractivity contribution in [3.63, 3.8) is 0 Å². The van der Waals surface area contributed by atoms with Crippen LogP contribution in [0.1, 0.15) is 11.1 Å². The molecule has 0 saturated carbocycles. The fourth-order valence-corrected chi connectivity index (χ4v) is 2.47. The molecule has 4 heteroatoms. The lowest BCUT2D eigenvalue weighted by Gasteiger charge is -2.07. The van der Waals surface area contributed by atoms with Gasteiger partial charge in [-0.05, 0) is 41.5 Å². The minimum Gasteiger partial charge on any atom is -0.309 e. The van der Waals surface area contributed by atoms with Gasteiger partial charge in [-0.3, -0.25) is 0 Å². The van der Waals surface area contributed by atoms with E-state index in [1.807, 2.05) is 42.5 Å². The molecule has 0 atom stereocenters. The van der Waals surface area contributed by atoms with Crippen molar-refractivity contribution in [1.29, 1.82) is 0 Å². The van der Waals surface area contributed by atoms with Gasteiger partial charge in [0.05, 0.1) is 0 Å². The van der Waals surface area contributed by atoms with Gasteiger partial charge in [-0.1, -0.05) is 51.3 Å². The molecule has 0 aliphatic carbocycles. The van der Waals surface area contributed by atoms with Gasteiger partial charge >= 0.3 is 0 Å². The SMILES string of the molecule is Clc1cccc(CNCc2cc(Br)ccc2Cl)c1. The van der Waals surface area contributed by atoms with E-state index in [0.717, 1.165) is 38.7 Å². The summed E-state index contributed by atoms with van der Waals surface area (Å²) >= 11 is 15.5. The molecule has 0 spiro atoms. The number of hydrogen-bond donors (Lipinski definition) is 1. The van der Waals surface area contributed by atoms with E-state index < -0.39 is 0 Å². The molecule has 0 aliphatic heterocycles. The Morgan fingerprint density at radius 1 is 1.00 bits per heavy atom. The predicted octanol–water partition coefficient (Wildman–Crippen LogP) is 5.05. The van der Waals surface area contributed by atoms with Gasteiger partial charge in [-0.15, -0.1) is 0 Å². The van der Waals surface area contributed by atoms with Crippen LogP contribution in [0.3, 0.4) is 0 Å². The molecule has 18 heavy (non-hydrogen) atoms. The Morgan fingerprint density at radius 3 is 2.61 bits per heavy atom. The Morgan fingerprint density at radius 2 is 1.83 bits per heavy atom. The first-order chi connectivity index (χ1) is 8.65. The molecule has 0 heterocycles. The van der Waals surface area contributed by atoms with E-state index in [1.165, 1.54) is 0 Å². The van der Waals surface area contributed by atoms with Gasteiger partial charge in [-0.2, -0.15) is 0 Å². The average Bonchev–Trinajstić information content (AvgIpc) is 2.34. The van der Waals surface area contributed by atoms with Crippen LogP contribution < -0.4 is 5.32 Å². The largest absolute Gasteiger partial charge is 0.309 e. The second-order valence-electron chi connectivity index (χ2n) is 3.97. The van der Waals surface area contributed by atoms with Gasteiger partial charge in [-0.25, -0.2) is 0 Å². The Labute approximate surface area is 125 Å². The van der Waals surface area contributed by atoms with Gasteiger partial charge in [0.1, 0.15) is 0 Å². The first-order valence-electron chi connectivity index (χ1n) is 5.54. The molecule has 2 aromatic carbocycles. The molecule has 2 aromatic rings. The molecule has 0 aromatic heterocycles. The van der Waals surface area contributed by atoms with Crippen LogP contribution in [0.4, 0.5) is 0 Å². The highest BCUT2D eigenvalue weighted by Crippen LogP contribution is 2.21. The summed E-state index contributed by atoms with van der Waals surface area (Å²) in [5.41, 5.74) is 2.24. The maximum Gasteiger partial charge on any atom is 0.0451 e. The van der Waals surface area contributed by atoms with Crippen LogP contribution in [0, 0.1) is 0 Å². The van der Waals surface area contributed by atoms with E-state index in [2.05, 4.69) is 21.2 Å². The molecule has 1 nitrogen and oxygen atoms in total. The van der Waals surface area contributed by atoms with Crippen molar-refractivity contribution < 1.29 is 0 Å². The van der Waals surface area contributed by atoms with Crippen molar-refractivity contribution in [2.45, 2.75) is 13.1 Å². The van der Waals surface area contributed by atoms with Crippen molar-refractivity contribution in [1.82, 2.24) is 5.32 Å². The van der Waals surface area contributed by atoms with E-state index in [1.54, 1.807) is 0 Å². The van der Waals surface area contributed by atoms with Crippen LogP contribution in [-0.2, 0) is 13.1 Å². The van der Waals surface area contributed by atoms with E-state index in [9.17, 15) is 0 Å². The lowest BCUT2D eigenvalue weighted by Crippen LogP contribution is -2.12. The van der Waals surface area contributed by atoms with E-state index in [-0.39, 0.29) is 0 Å². The molecule has 0 bridgehead atoms. The standard InChI is InChI=1S/C14H12BrCl2N/c15-12-4-5-14(17)11(7-12)9-18-8-10-2-1-3-13(16)6-10/h1-7,18H,8-9H2. The third kappa shape index (κ3) is 3.99. The number of hydrogen-bond acceptors (Lipinski definition) is 1. The van der Waals surface area contributed by atoms with Gasteiger partial charge in [0, 0.05) is 27.6 Å². The maximum absolute atomic E-state index is 6.12. The minimum absolute atomic E-state index is 0.727. The smallest absolute Gasteiger partial charge is 0.0451 e. The van der Waals surface area contributed by atoms with Crippen molar-refractivity contribution in [2.75, 3.05) is 0 Å². The highest BCUT2D eigenvalue weighted by Gasteiger charge is 2.01. The summed E-state index contributed by atoms with van der Waals surface area (Å²) in [6, 6.07) is 13.7. The molecule has 0 unspecified atom stereocenters. The Balaban J connectivity index is 1.94. The van der Waals surface area contributed by atoms with Crippen LogP contribution in [0.2, 0.25) is 10.0 Å². The highest BCUT2D eigenvalue weighted by atomic mass is 79.9. The lowest BCUT2D eigenvalue weighted by molar-refractivity contribution is 0.693. The zero-order valence-corrected chi connectivity index (χ0v) is 12.7. The van der Waals surface area contributed by atoms with Crippen LogP contribution in [-0.4, -0.2) is 0 Å². The molecule has 0 saturated heterocycles. The highest BCUT2D eigenvalue weighted by molar-refractivity contribution is 9.10. The Bertz CT molecular complexity index is 543. The van der Waals surface area contributed by atoms with Gasteiger partial charge in [0.2, 0.25) is 0 Å². The van der Waals surface area contributed by atoms with Crippen molar-refractivity contribution in [3.8, 4) is 0 Å². The molecule has 94 valence electrons. The Hall–Kier alpha value is -0.540. The third-order valence-corrected chi connectivity index (χ3v) is 3.64. The summed E-state index contributed by atoms with van der Waals surface area (Å²) in [7, 11) is 0. The predicted molar refractivity (Wildman–Crippen MR) is 81.1 cm³/mol. The van der Waals surface area contributed by atoms with E-state index >= 15 is 0 Å². The normalized spacial score (nSPS) is 10.6. The second kappa shape index (κ2) is 6.58. The summed E-state index contributed by atoms with van der Waals surface area (Å²) in [4.78, 5) is 0. The topological polar surface area (TPSA) is 12.0 Å². The molecule has 0 radical (unpaired) electrons. The summed E-state index contributed by atoms with van der Waals surface area (Å²) < 4.78 is 1.03. The quantitative estimate of drug-likeness (QED) is 0.818. The summed E-state index contributed by atoms with van der Waals surface area (Å²) in [5, 5.41) is 4.88. The summed E-state index contributed by atoms with van der Waals surface area (Å²) in [6.45, 7) is 1.49. The van der Waals surface area contributed by atoms with E-state index in [4.69, 9.17) is 23.2 Å². The Kier molecular flexibility index (Phi) is 5.07. The molecule has 0 fully saturated rings. The van der Waals surface area contributed by atoms with E-state index in [0.29, 0.717) is 0 Å². The van der Waals surface area contributed by atoms with Crippen molar-refractivity contribution in [2.24, 2.45) is 0 Å². The number of rotatable bonds is 4. The van der Waals surface area contributed by atoms with Gasteiger partial charge in [0.15, 0.2) is 0 Å². The van der Waals surface area contributed by atoms with Crippen LogP contribution in [0.5, 0.6) is 0 Å². The maximum atomic E-state index is 6.12. The lowest BCUT2D eigenvalue weighted by atomic mass is 10.2. The number of halogens is 3. The fourth-order valence-electron chi connectivity index (χ4n) is 1.67. The number of benzene rings is 2. The summed E-state index contributed by atoms with van der Waals surface area (Å²) in [5.74, 6) is 0. The monoisotopic (exact) mass is 343 g/mol. The van der Waals surface area contributed by atoms with Crippen LogP contribution >= 0.6 is 39.1 Å². The molecule has 0 aliphatic rings. The zero-order valence-electron chi connectivity index (χ0n) is 9.59. The van der Waals surface area contributed by atoms with Crippen LogP contribution in [0.15, 0.2) is 46.9 Å². The van der Waals surface area contributed by atoms with Gasteiger partial charge < -0.3 is 5.32 Å². The van der Waals surface area contributed by atoms with Crippen molar-refractivity contribution >= 4 is 39.1 Å². The third-order valence-electron chi connectivity index (χ3n) is 2.54. The summed E-state index contributed by atoms with van der Waals surface area (Å²) in [6.07, 6.45) is 0. The molecular formula is C14H12BrCl2N. The second-order valence-corrected chi connectivity index (χ2v) is 5.73. The van der Waals surface area contributed by atoms with Crippen LogP contribution in [0.25, 0.3) is 0 Å². The first kappa shape index (κ1) is 13.9. The molecule has 1 N–H and O–H groups in total. The van der Waals surface area contributed by atoms with Crippen molar-refractivity contribution in [3.05, 3.63) is 68.1 Å². The minimum atomic E-state index is 0.727. The first-order valence-corrected chi connectivity index (χ1v) is 7.09. The zero-order chi connectivity index (χ0) is 13.0. The molecule has 2 rings (SSSR count). The average molecular weight is 345 g/mol. The fraction of sp³-hybridized carbons (Fsp3) is 0.143. The van der Waals surface area contributed by atoms with Gasteiger partial charge in [0.25, 0.3) is 0 Å².